The van der Waals surface area contributed by atoms with Gasteiger partial charge in [-0.3, -0.25) is 0 Å². The highest BCUT2D eigenvalue weighted by Crippen LogP contribution is 2.05. The molecule has 0 aliphatic carbocycles. The summed E-state index contributed by atoms with van der Waals surface area (Å²) in [5, 5.41) is 0. The summed E-state index contributed by atoms with van der Waals surface area (Å²) in [5.41, 5.74) is 2.12. The lowest BCUT2D eigenvalue weighted by Crippen LogP contribution is -2.06. The quantitative estimate of drug-likeness (QED) is 0.524. The molecule has 0 atom stereocenters. The number of terminal acetylenes is 1. The van der Waals surface area contributed by atoms with Crippen LogP contribution in [0.15, 0.2) is 24.3 Å². The lowest BCUT2D eigenvalue weighted by atomic mass is 10.1. The van der Waals surface area contributed by atoms with Crippen LogP contribution in [0.1, 0.15) is 11.1 Å². The van der Waals surface area contributed by atoms with Crippen LogP contribution in [0, 0.1) is 12.3 Å². The first-order valence-corrected chi connectivity index (χ1v) is 7.17. The molecule has 0 N–H and O–H groups in total. The minimum atomic E-state index is -0.900. The lowest BCUT2D eigenvalue weighted by Gasteiger charge is -2.06. The van der Waals surface area contributed by atoms with Gasteiger partial charge in [-0.1, -0.05) is 18.1 Å². The summed E-state index contributed by atoms with van der Waals surface area (Å²) in [6, 6.07) is 7.93. The molecule has 68 valence electrons. The minimum Gasteiger partial charge on any atom is -0.416 e. The summed E-state index contributed by atoms with van der Waals surface area (Å²) in [5.74, 6) is 2.59. The van der Waals surface area contributed by atoms with Crippen LogP contribution in [0.5, 0.6) is 0 Å². The summed E-state index contributed by atoms with van der Waals surface area (Å²) in [6.07, 6.45) is 5.25. The Kier molecular flexibility index (Phi) is 3.75. The van der Waals surface area contributed by atoms with Gasteiger partial charge < -0.3 is 4.43 Å². The number of hydrogen-bond acceptors (Lipinski definition) is 1. The molecule has 13 heavy (non-hydrogen) atoms. The van der Waals surface area contributed by atoms with E-state index in [1.165, 1.54) is 5.56 Å². The van der Waals surface area contributed by atoms with E-state index in [0.717, 1.165) is 12.2 Å². The number of rotatable bonds is 3. The SMILES string of the molecule is C#Cc1ccc(CO[SiH](C)C)cc1. The maximum atomic E-state index is 5.59. The van der Waals surface area contributed by atoms with Crippen LogP contribution in [0.25, 0.3) is 0 Å². The molecule has 0 unspecified atom stereocenters. The zero-order valence-electron chi connectivity index (χ0n) is 8.08. The van der Waals surface area contributed by atoms with Crippen molar-refractivity contribution in [1.82, 2.24) is 0 Å². The number of benzene rings is 1. The van der Waals surface area contributed by atoms with E-state index >= 15 is 0 Å². The molecule has 1 nitrogen and oxygen atoms in total. The Hall–Kier alpha value is -1.04. The third-order valence-electron chi connectivity index (χ3n) is 1.70. The molecule has 0 amide bonds. The second kappa shape index (κ2) is 4.86. The number of hydrogen-bond donors (Lipinski definition) is 0. The standard InChI is InChI=1S/C11H14OSi/c1-4-10-5-7-11(8-6-10)9-12-13(2)3/h1,5-8,13H,9H2,2-3H3. The Morgan fingerprint density at radius 2 is 1.92 bits per heavy atom. The summed E-state index contributed by atoms with van der Waals surface area (Å²) in [7, 11) is -0.900. The third-order valence-corrected chi connectivity index (χ3v) is 2.54. The van der Waals surface area contributed by atoms with E-state index in [2.05, 4.69) is 19.0 Å². The van der Waals surface area contributed by atoms with Gasteiger partial charge in [0.15, 0.2) is 9.04 Å². The molecule has 0 aromatic heterocycles. The van der Waals surface area contributed by atoms with Crippen LogP contribution >= 0.6 is 0 Å². The molecular weight excluding hydrogens is 176 g/mol. The molecule has 1 rings (SSSR count). The van der Waals surface area contributed by atoms with Gasteiger partial charge in [0.25, 0.3) is 0 Å². The lowest BCUT2D eigenvalue weighted by molar-refractivity contribution is 0.314. The van der Waals surface area contributed by atoms with Crippen molar-refractivity contribution in [1.29, 1.82) is 0 Å². The van der Waals surface area contributed by atoms with Gasteiger partial charge in [-0.25, -0.2) is 0 Å². The molecule has 0 heterocycles. The average molecular weight is 190 g/mol. The predicted molar refractivity (Wildman–Crippen MR) is 58.0 cm³/mol. The third kappa shape index (κ3) is 3.45. The highest BCUT2D eigenvalue weighted by molar-refractivity contribution is 6.48. The van der Waals surface area contributed by atoms with E-state index in [-0.39, 0.29) is 0 Å². The fourth-order valence-electron chi connectivity index (χ4n) is 0.960. The van der Waals surface area contributed by atoms with E-state index in [9.17, 15) is 0 Å². The van der Waals surface area contributed by atoms with E-state index in [0.29, 0.717) is 0 Å². The van der Waals surface area contributed by atoms with Gasteiger partial charge in [0.05, 0.1) is 6.61 Å². The Balaban J connectivity index is 2.55. The zero-order chi connectivity index (χ0) is 9.68. The van der Waals surface area contributed by atoms with Gasteiger partial charge in [-0.05, 0) is 30.8 Å². The fourth-order valence-corrected chi connectivity index (χ4v) is 1.49. The van der Waals surface area contributed by atoms with E-state index < -0.39 is 9.04 Å². The first-order valence-electron chi connectivity index (χ1n) is 4.39. The van der Waals surface area contributed by atoms with E-state index in [1.807, 2.05) is 24.3 Å². The van der Waals surface area contributed by atoms with Crippen molar-refractivity contribution in [3.05, 3.63) is 35.4 Å². The molecule has 0 fully saturated rings. The van der Waals surface area contributed by atoms with E-state index in [4.69, 9.17) is 10.8 Å². The molecule has 0 saturated carbocycles. The smallest absolute Gasteiger partial charge is 0.171 e. The second-order valence-electron chi connectivity index (χ2n) is 3.20. The van der Waals surface area contributed by atoms with Crippen molar-refractivity contribution in [2.75, 3.05) is 0 Å². The molecule has 0 radical (unpaired) electrons. The molecule has 0 aliphatic rings. The van der Waals surface area contributed by atoms with Crippen LogP contribution in [0.3, 0.4) is 0 Å². The van der Waals surface area contributed by atoms with Gasteiger partial charge in [-0.2, -0.15) is 0 Å². The second-order valence-corrected chi connectivity index (χ2v) is 5.63. The van der Waals surface area contributed by atoms with Crippen LogP contribution in [-0.2, 0) is 11.0 Å². The Morgan fingerprint density at radius 1 is 1.31 bits per heavy atom. The normalized spacial score (nSPS) is 10.0. The van der Waals surface area contributed by atoms with Gasteiger partial charge in [0.1, 0.15) is 0 Å². The summed E-state index contributed by atoms with van der Waals surface area (Å²) < 4.78 is 5.59. The molecule has 0 saturated heterocycles. The van der Waals surface area contributed by atoms with Crippen molar-refractivity contribution < 1.29 is 4.43 Å². The zero-order valence-corrected chi connectivity index (χ0v) is 9.23. The molecule has 1 aromatic rings. The van der Waals surface area contributed by atoms with Crippen molar-refractivity contribution in [3.8, 4) is 12.3 Å². The van der Waals surface area contributed by atoms with Crippen LogP contribution in [0.2, 0.25) is 13.1 Å². The Bertz CT molecular complexity index is 295. The summed E-state index contributed by atoms with van der Waals surface area (Å²) in [6.45, 7) is 5.04. The maximum absolute atomic E-state index is 5.59. The molecule has 1 aromatic carbocycles. The van der Waals surface area contributed by atoms with Crippen molar-refractivity contribution in [3.63, 3.8) is 0 Å². The first kappa shape index (κ1) is 10.0. The van der Waals surface area contributed by atoms with Crippen LogP contribution in [-0.4, -0.2) is 9.04 Å². The topological polar surface area (TPSA) is 9.23 Å². The average Bonchev–Trinajstić information content (AvgIpc) is 2.15. The maximum Gasteiger partial charge on any atom is 0.171 e. The van der Waals surface area contributed by atoms with Gasteiger partial charge in [0, 0.05) is 5.56 Å². The Labute approximate surface area is 81.5 Å². The van der Waals surface area contributed by atoms with Gasteiger partial charge in [0.2, 0.25) is 0 Å². The summed E-state index contributed by atoms with van der Waals surface area (Å²) >= 11 is 0. The van der Waals surface area contributed by atoms with Crippen molar-refractivity contribution >= 4 is 9.04 Å². The van der Waals surface area contributed by atoms with Crippen molar-refractivity contribution in [2.24, 2.45) is 0 Å². The van der Waals surface area contributed by atoms with Crippen LogP contribution < -0.4 is 0 Å². The fraction of sp³-hybridized carbons (Fsp3) is 0.273. The van der Waals surface area contributed by atoms with Crippen LogP contribution in [0.4, 0.5) is 0 Å². The van der Waals surface area contributed by atoms with Gasteiger partial charge in [-0.15, -0.1) is 6.42 Å². The van der Waals surface area contributed by atoms with E-state index in [1.54, 1.807) is 0 Å². The molecule has 0 bridgehead atoms. The summed E-state index contributed by atoms with van der Waals surface area (Å²) in [4.78, 5) is 0. The first-order chi connectivity index (χ1) is 6.22. The highest BCUT2D eigenvalue weighted by atomic mass is 28.3. The Morgan fingerprint density at radius 3 is 2.38 bits per heavy atom. The highest BCUT2D eigenvalue weighted by Gasteiger charge is 1.96. The molecule has 0 aliphatic heterocycles. The molecule has 2 heteroatoms. The minimum absolute atomic E-state index is 0.717. The van der Waals surface area contributed by atoms with Crippen molar-refractivity contribution in [2.45, 2.75) is 19.7 Å². The molecule has 0 spiro atoms. The monoisotopic (exact) mass is 190 g/mol. The molecular formula is C11H14OSi. The predicted octanol–water partition coefficient (Wildman–Crippen LogP) is 2.17. The van der Waals surface area contributed by atoms with Gasteiger partial charge >= 0.3 is 0 Å². The largest absolute Gasteiger partial charge is 0.416 e.